The average molecular weight is 387 g/mol. The molecule has 9 heteroatoms. The highest BCUT2D eigenvalue weighted by Crippen LogP contribution is 2.18. The molecule has 1 aliphatic heterocycles. The number of amides is 2. The van der Waals surface area contributed by atoms with E-state index in [1.54, 1.807) is 27.8 Å². The van der Waals surface area contributed by atoms with E-state index in [-0.39, 0.29) is 23.5 Å². The fourth-order valence-electron chi connectivity index (χ4n) is 2.13. The fourth-order valence-corrected chi connectivity index (χ4v) is 2.76. The van der Waals surface area contributed by atoms with E-state index in [0.717, 1.165) is 0 Å². The molecule has 0 aliphatic carbocycles. The van der Waals surface area contributed by atoms with Crippen LogP contribution < -0.4 is 5.32 Å². The van der Waals surface area contributed by atoms with Crippen molar-refractivity contribution in [1.29, 1.82) is 0 Å². The minimum atomic E-state index is -0.545. The Labute approximate surface area is 142 Å². The molecule has 0 aromatic carbocycles. The van der Waals surface area contributed by atoms with Crippen LogP contribution >= 0.6 is 15.9 Å². The molecule has 0 unspecified atom stereocenters. The van der Waals surface area contributed by atoms with Gasteiger partial charge in [0.2, 0.25) is 0 Å². The van der Waals surface area contributed by atoms with E-state index in [0.29, 0.717) is 24.0 Å². The monoisotopic (exact) mass is 386 g/mol. The van der Waals surface area contributed by atoms with Crippen LogP contribution in [-0.4, -0.2) is 57.5 Å². The first-order chi connectivity index (χ1) is 10.6. The summed E-state index contributed by atoms with van der Waals surface area (Å²) >= 11 is 3.17. The summed E-state index contributed by atoms with van der Waals surface area (Å²) in [5, 5.41) is 2.80. The fraction of sp³-hybridized carbons (Fsp3) is 0.571. The van der Waals surface area contributed by atoms with Crippen molar-refractivity contribution in [2.75, 3.05) is 13.1 Å². The van der Waals surface area contributed by atoms with Crippen molar-refractivity contribution < 1.29 is 19.1 Å². The van der Waals surface area contributed by atoms with Gasteiger partial charge in [-0.2, -0.15) is 0 Å². The number of aldehydes is 1. The van der Waals surface area contributed by atoms with Gasteiger partial charge >= 0.3 is 6.09 Å². The molecule has 1 saturated heterocycles. The summed E-state index contributed by atoms with van der Waals surface area (Å²) < 4.78 is 6.97. The quantitative estimate of drug-likeness (QED) is 0.791. The Morgan fingerprint density at radius 3 is 2.48 bits per heavy atom. The van der Waals surface area contributed by atoms with Crippen molar-refractivity contribution in [3.8, 4) is 0 Å². The number of carbonyl (C=O) groups excluding carboxylic acids is 3. The number of halogens is 1. The lowest BCUT2D eigenvalue weighted by molar-refractivity contribution is 0.00528. The highest BCUT2D eigenvalue weighted by molar-refractivity contribution is 9.10. The lowest BCUT2D eigenvalue weighted by Gasteiger charge is -2.39. The number of hydrogen-bond donors (Lipinski definition) is 1. The maximum absolute atomic E-state index is 12.3. The Balaban J connectivity index is 1.91. The molecule has 1 fully saturated rings. The molecule has 0 atom stereocenters. The van der Waals surface area contributed by atoms with Gasteiger partial charge in [0.05, 0.1) is 6.04 Å². The molecule has 2 rings (SSSR count). The van der Waals surface area contributed by atoms with E-state index in [9.17, 15) is 14.4 Å². The summed E-state index contributed by atoms with van der Waals surface area (Å²) in [7, 11) is 1.59. The van der Waals surface area contributed by atoms with E-state index in [1.807, 2.05) is 0 Å². The molecular weight excluding hydrogens is 368 g/mol. The number of rotatable bonds is 3. The van der Waals surface area contributed by atoms with Gasteiger partial charge in [-0.05, 0) is 36.7 Å². The van der Waals surface area contributed by atoms with Gasteiger partial charge in [0.25, 0.3) is 5.91 Å². The lowest BCUT2D eigenvalue weighted by Crippen LogP contribution is -2.61. The van der Waals surface area contributed by atoms with Crippen LogP contribution in [0.3, 0.4) is 0 Å². The van der Waals surface area contributed by atoms with E-state index >= 15 is 0 Å². The molecule has 126 valence electrons. The Morgan fingerprint density at radius 2 is 2.00 bits per heavy atom. The lowest BCUT2D eigenvalue weighted by atomic mass is 10.1. The first-order valence-electron chi connectivity index (χ1n) is 7.08. The second-order valence-electron chi connectivity index (χ2n) is 6.34. The summed E-state index contributed by atoms with van der Waals surface area (Å²) in [6.45, 7) is 6.17. The van der Waals surface area contributed by atoms with Crippen molar-refractivity contribution in [2.24, 2.45) is 7.05 Å². The summed E-state index contributed by atoms with van der Waals surface area (Å²) in [5.74, 6) is -0.195. The number of imidazole rings is 1. The molecule has 0 spiro atoms. The molecule has 0 radical (unpaired) electrons. The van der Waals surface area contributed by atoms with Crippen LogP contribution in [0.5, 0.6) is 0 Å². The van der Waals surface area contributed by atoms with E-state index in [2.05, 4.69) is 26.2 Å². The molecule has 1 aliphatic rings. The number of likely N-dealkylation sites (tertiary alicyclic amines) is 1. The molecule has 23 heavy (non-hydrogen) atoms. The largest absolute Gasteiger partial charge is 0.444 e. The molecule has 0 bridgehead atoms. The van der Waals surface area contributed by atoms with Crippen molar-refractivity contribution >= 4 is 34.2 Å². The van der Waals surface area contributed by atoms with Gasteiger partial charge in [0, 0.05) is 20.1 Å². The standard InChI is InChI=1S/C14H19BrN4O4/c1-14(2,3)23-13(22)19-5-8(6-19)16-12(21)10-11(15)17-9(7-20)18(10)4/h7-8H,5-6H2,1-4H3,(H,16,21). The first-order valence-corrected chi connectivity index (χ1v) is 7.88. The summed E-state index contributed by atoms with van der Waals surface area (Å²) in [4.78, 5) is 40.4. The number of ether oxygens (including phenoxy) is 1. The van der Waals surface area contributed by atoms with Gasteiger partial charge in [-0.3, -0.25) is 9.59 Å². The second kappa shape index (κ2) is 6.31. The summed E-state index contributed by atoms with van der Waals surface area (Å²) in [6.07, 6.45) is 0.183. The Kier molecular flexibility index (Phi) is 4.79. The van der Waals surface area contributed by atoms with Crippen molar-refractivity contribution in [2.45, 2.75) is 32.4 Å². The molecule has 8 nitrogen and oxygen atoms in total. The topological polar surface area (TPSA) is 93.5 Å². The molecular formula is C14H19BrN4O4. The smallest absolute Gasteiger partial charge is 0.410 e. The van der Waals surface area contributed by atoms with Crippen LogP contribution in [-0.2, 0) is 11.8 Å². The predicted octanol–water partition coefficient (Wildman–Crippen LogP) is 1.34. The van der Waals surface area contributed by atoms with Crippen molar-refractivity contribution in [1.82, 2.24) is 19.8 Å². The molecule has 1 aromatic rings. The minimum Gasteiger partial charge on any atom is -0.444 e. The third kappa shape index (κ3) is 3.90. The van der Waals surface area contributed by atoms with Gasteiger partial charge in [-0.1, -0.05) is 0 Å². The maximum atomic E-state index is 12.3. The van der Waals surface area contributed by atoms with Crippen LogP contribution in [0.2, 0.25) is 0 Å². The van der Waals surface area contributed by atoms with Crippen LogP contribution in [0.1, 0.15) is 41.9 Å². The van der Waals surface area contributed by atoms with E-state index in [4.69, 9.17) is 4.74 Å². The van der Waals surface area contributed by atoms with E-state index < -0.39 is 11.7 Å². The SMILES string of the molecule is Cn1c(C=O)nc(Br)c1C(=O)NC1CN(C(=O)OC(C)(C)C)C1. The van der Waals surface area contributed by atoms with Gasteiger partial charge in [-0.25, -0.2) is 9.78 Å². The van der Waals surface area contributed by atoms with E-state index in [1.165, 1.54) is 9.47 Å². The van der Waals surface area contributed by atoms with Crippen molar-refractivity contribution in [3.05, 3.63) is 16.1 Å². The van der Waals surface area contributed by atoms with Crippen LogP contribution in [0, 0.1) is 0 Å². The van der Waals surface area contributed by atoms with Crippen LogP contribution in [0.25, 0.3) is 0 Å². The molecule has 1 N–H and O–H groups in total. The Bertz CT molecular complexity index is 644. The minimum absolute atomic E-state index is 0.156. The van der Waals surface area contributed by atoms with Gasteiger partial charge in [0.15, 0.2) is 12.1 Å². The van der Waals surface area contributed by atoms with Gasteiger partial charge in [-0.15, -0.1) is 0 Å². The Morgan fingerprint density at radius 1 is 1.39 bits per heavy atom. The number of carbonyl (C=O) groups is 3. The highest BCUT2D eigenvalue weighted by Gasteiger charge is 2.35. The summed E-state index contributed by atoms with van der Waals surface area (Å²) in [6, 6.07) is -0.156. The number of nitrogens with one attached hydrogen (secondary N) is 1. The number of aromatic nitrogens is 2. The molecule has 0 saturated carbocycles. The molecule has 2 heterocycles. The number of hydrogen-bond acceptors (Lipinski definition) is 5. The normalized spacial score (nSPS) is 15.1. The highest BCUT2D eigenvalue weighted by atomic mass is 79.9. The van der Waals surface area contributed by atoms with Crippen molar-refractivity contribution in [3.63, 3.8) is 0 Å². The molecule has 1 aromatic heterocycles. The van der Waals surface area contributed by atoms with Gasteiger partial charge < -0.3 is 19.5 Å². The summed E-state index contributed by atoms with van der Waals surface area (Å²) in [5.41, 5.74) is -0.279. The second-order valence-corrected chi connectivity index (χ2v) is 7.09. The Hall–Kier alpha value is -1.90. The first kappa shape index (κ1) is 17.5. The maximum Gasteiger partial charge on any atom is 0.410 e. The molecule has 2 amide bonds. The predicted molar refractivity (Wildman–Crippen MR) is 85.4 cm³/mol. The third-order valence-corrected chi connectivity index (χ3v) is 3.83. The number of nitrogens with zero attached hydrogens (tertiary/aromatic N) is 3. The third-order valence-electron chi connectivity index (χ3n) is 3.28. The average Bonchev–Trinajstić information content (AvgIpc) is 2.65. The van der Waals surface area contributed by atoms with Crippen LogP contribution in [0.15, 0.2) is 4.60 Å². The zero-order valence-corrected chi connectivity index (χ0v) is 15.0. The van der Waals surface area contributed by atoms with Crippen LogP contribution in [0.4, 0.5) is 4.79 Å². The zero-order valence-electron chi connectivity index (χ0n) is 13.4. The van der Waals surface area contributed by atoms with Gasteiger partial charge in [0.1, 0.15) is 15.9 Å². The zero-order chi connectivity index (χ0) is 17.4.